The lowest BCUT2D eigenvalue weighted by Gasteiger charge is -2.11. The number of pyridine rings is 2. The van der Waals surface area contributed by atoms with E-state index in [0.29, 0.717) is 33.7 Å². The Balaban J connectivity index is 1.63. The van der Waals surface area contributed by atoms with E-state index in [4.69, 9.17) is 5.26 Å². The van der Waals surface area contributed by atoms with Crippen molar-refractivity contribution in [3.63, 3.8) is 0 Å². The highest BCUT2D eigenvalue weighted by Crippen LogP contribution is 2.31. The first-order valence-electron chi connectivity index (χ1n) is 9.66. The number of carbonyl (C=O) groups excluding carboxylic acids is 1. The van der Waals surface area contributed by atoms with Crippen LogP contribution >= 0.6 is 0 Å². The molecule has 1 N–H and O–H groups in total. The Hall–Kier alpha value is -4.39. The molecule has 7 nitrogen and oxygen atoms in total. The maximum Gasteiger partial charge on any atom is 0.433 e. The smallest absolute Gasteiger partial charge is 0.322 e. The van der Waals surface area contributed by atoms with E-state index in [2.05, 4.69) is 25.3 Å². The van der Waals surface area contributed by atoms with E-state index in [-0.39, 0.29) is 11.2 Å². The summed E-state index contributed by atoms with van der Waals surface area (Å²) in [5.74, 6) is -0.0743. The highest BCUT2D eigenvalue weighted by atomic mass is 19.4. The van der Waals surface area contributed by atoms with Crippen molar-refractivity contribution in [2.75, 3.05) is 5.32 Å². The highest BCUT2D eigenvalue weighted by molar-refractivity contribution is 6.04. The molecule has 1 amide bonds. The molecule has 4 rings (SSSR count). The fourth-order valence-corrected chi connectivity index (χ4v) is 3.24. The van der Waals surface area contributed by atoms with Gasteiger partial charge in [0.05, 0.1) is 11.7 Å². The molecule has 3 aromatic heterocycles. The minimum atomic E-state index is -4.55. The van der Waals surface area contributed by atoms with Crippen molar-refractivity contribution in [2.24, 2.45) is 0 Å². The molecule has 3 heterocycles. The van der Waals surface area contributed by atoms with Crippen LogP contribution in [0.25, 0.3) is 22.4 Å². The number of hydrogen-bond acceptors (Lipinski definition) is 6. The molecule has 4 aromatic rings. The molecule has 0 saturated carbocycles. The topological polar surface area (TPSA) is 104 Å². The Morgan fingerprint density at radius 1 is 1.03 bits per heavy atom. The van der Waals surface area contributed by atoms with Crippen LogP contribution in [0.5, 0.6) is 0 Å². The van der Waals surface area contributed by atoms with Crippen LogP contribution in [0.15, 0.2) is 48.8 Å². The van der Waals surface area contributed by atoms with Crippen LogP contribution in [0.1, 0.15) is 32.9 Å². The summed E-state index contributed by atoms with van der Waals surface area (Å²) in [6.07, 6.45) is -1.91. The number of halogens is 3. The van der Waals surface area contributed by atoms with Crippen molar-refractivity contribution in [2.45, 2.75) is 20.0 Å². The number of amides is 1. The fraction of sp³-hybridized carbons (Fsp3) is 0.130. The van der Waals surface area contributed by atoms with Crippen LogP contribution in [0, 0.1) is 25.2 Å². The molecule has 0 aliphatic heterocycles. The van der Waals surface area contributed by atoms with E-state index in [1.807, 2.05) is 6.07 Å². The summed E-state index contributed by atoms with van der Waals surface area (Å²) in [5.41, 5.74) is 2.06. The van der Waals surface area contributed by atoms with Crippen LogP contribution in [-0.4, -0.2) is 25.8 Å². The van der Waals surface area contributed by atoms with Crippen molar-refractivity contribution in [1.82, 2.24) is 19.9 Å². The molecular formula is C23H15F3N6O. The molecule has 0 spiro atoms. The van der Waals surface area contributed by atoms with Gasteiger partial charge in [-0.05, 0) is 61.4 Å². The number of nitrogens with zero attached hydrogens (tertiary/aromatic N) is 5. The zero-order valence-corrected chi connectivity index (χ0v) is 17.4. The van der Waals surface area contributed by atoms with Gasteiger partial charge in [0.1, 0.15) is 23.0 Å². The molecule has 164 valence electrons. The lowest BCUT2D eigenvalue weighted by molar-refractivity contribution is -0.141. The van der Waals surface area contributed by atoms with Gasteiger partial charge in [-0.25, -0.2) is 19.9 Å². The maximum absolute atomic E-state index is 13.0. The van der Waals surface area contributed by atoms with Gasteiger partial charge in [-0.2, -0.15) is 18.4 Å². The second kappa shape index (κ2) is 8.27. The molecule has 33 heavy (non-hydrogen) atoms. The first kappa shape index (κ1) is 21.8. The Bertz CT molecular complexity index is 1440. The zero-order valence-electron chi connectivity index (χ0n) is 17.4. The molecule has 0 unspecified atom stereocenters. The summed E-state index contributed by atoms with van der Waals surface area (Å²) in [6, 6.07) is 10.9. The summed E-state index contributed by atoms with van der Waals surface area (Å²) in [5, 5.41) is 11.7. The summed E-state index contributed by atoms with van der Waals surface area (Å²) in [7, 11) is 0. The molecule has 1 aromatic carbocycles. The molecule has 10 heteroatoms. The van der Waals surface area contributed by atoms with Crippen LogP contribution in [0.3, 0.4) is 0 Å². The summed E-state index contributed by atoms with van der Waals surface area (Å²) < 4.78 is 39.0. The Morgan fingerprint density at radius 3 is 2.52 bits per heavy atom. The van der Waals surface area contributed by atoms with Crippen molar-refractivity contribution in [1.29, 1.82) is 5.26 Å². The van der Waals surface area contributed by atoms with Gasteiger partial charge in [0, 0.05) is 23.0 Å². The van der Waals surface area contributed by atoms with Crippen molar-refractivity contribution in [3.8, 4) is 17.5 Å². The maximum atomic E-state index is 13.0. The molecule has 0 fully saturated rings. The summed E-state index contributed by atoms with van der Waals surface area (Å²) in [6.45, 7) is 3.33. The number of alkyl halides is 3. The number of benzene rings is 1. The molecule has 0 aliphatic rings. The van der Waals surface area contributed by atoms with E-state index in [9.17, 15) is 18.0 Å². The standard InChI is InChI=1S/C23H15F3N6O/c1-12-7-14(3-4-17(12)31-22(33)15-5-6-28-16(9-15)10-27)21-29-11-18-20(32-21)13(2)8-19(30-18)23(24,25)26/h3-9,11H,1-2H3,(H,31,33). The van der Waals surface area contributed by atoms with Gasteiger partial charge in [-0.15, -0.1) is 0 Å². The molecule has 0 radical (unpaired) electrons. The third-order valence-corrected chi connectivity index (χ3v) is 4.90. The van der Waals surface area contributed by atoms with Crippen LogP contribution in [0.2, 0.25) is 0 Å². The second-order valence-electron chi connectivity index (χ2n) is 7.27. The zero-order chi connectivity index (χ0) is 23.8. The Morgan fingerprint density at radius 2 is 1.82 bits per heavy atom. The minimum absolute atomic E-state index is 0.0563. The van der Waals surface area contributed by atoms with Crippen molar-refractivity contribution >= 4 is 22.6 Å². The number of anilines is 1. The Labute approximate surface area is 186 Å². The lowest BCUT2D eigenvalue weighted by atomic mass is 10.1. The number of aryl methyl sites for hydroxylation is 2. The number of nitrogens with one attached hydrogen (secondary N) is 1. The average molecular weight is 448 g/mol. The predicted molar refractivity (Wildman–Crippen MR) is 114 cm³/mol. The summed E-state index contributed by atoms with van der Waals surface area (Å²) >= 11 is 0. The molecule has 0 atom stereocenters. The van der Waals surface area contributed by atoms with Gasteiger partial charge in [0.2, 0.25) is 0 Å². The summed E-state index contributed by atoms with van der Waals surface area (Å²) in [4.78, 5) is 28.6. The average Bonchev–Trinajstić information content (AvgIpc) is 2.79. The SMILES string of the molecule is Cc1cc(-c2ncc3nc(C(F)(F)F)cc(C)c3n2)ccc1NC(=O)c1ccnc(C#N)c1. The van der Waals surface area contributed by atoms with E-state index >= 15 is 0 Å². The fourth-order valence-electron chi connectivity index (χ4n) is 3.24. The first-order chi connectivity index (χ1) is 15.7. The quantitative estimate of drug-likeness (QED) is 0.481. The number of fused-ring (bicyclic) bond motifs is 1. The normalized spacial score (nSPS) is 11.3. The van der Waals surface area contributed by atoms with Gasteiger partial charge in [-0.1, -0.05) is 0 Å². The largest absolute Gasteiger partial charge is 0.433 e. The van der Waals surface area contributed by atoms with Gasteiger partial charge in [0.15, 0.2) is 5.82 Å². The molecule has 0 bridgehead atoms. The van der Waals surface area contributed by atoms with Crippen molar-refractivity contribution < 1.29 is 18.0 Å². The van der Waals surface area contributed by atoms with Gasteiger partial charge in [-0.3, -0.25) is 4.79 Å². The van der Waals surface area contributed by atoms with Crippen LogP contribution in [-0.2, 0) is 6.18 Å². The molecular weight excluding hydrogens is 433 g/mol. The number of hydrogen-bond donors (Lipinski definition) is 1. The first-order valence-corrected chi connectivity index (χ1v) is 9.66. The molecule has 0 saturated heterocycles. The van der Waals surface area contributed by atoms with E-state index in [1.165, 1.54) is 31.5 Å². The second-order valence-corrected chi connectivity index (χ2v) is 7.27. The number of rotatable bonds is 3. The van der Waals surface area contributed by atoms with Crippen molar-refractivity contribution in [3.05, 3.63) is 76.9 Å². The van der Waals surface area contributed by atoms with Gasteiger partial charge in [0.25, 0.3) is 5.91 Å². The van der Waals surface area contributed by atoms with Gasteiger partial charge < -0.3 is 5.32 Å². The number of nitriles is 1. The van der Waals surface area contributed by atoms with Gasteiger partial charge >= 0.3 is 6.18 Å². The third kappa shape index (κ3) is 4.48. The third-order valence-electron chi connectivity index (χ3n) is 4.90. The number of carbonyl (C=O) groups is 1. The highest BCUT2D eigenvalue weighted by Gasteiger charge is 2.33. The lowest BCUT2D eigenvalue weighted by Crippen LogP contribution is -2.13. The monoisotopic (exact) mass is 448 g/mol. The van der Waals surface area contributed by atoms with Crippen LogP contribution in [0.4, 0.5) is 18.9 Å². The predicted octanol–water partition coefficient (Wildman–Crippen LogP) is 4.85. The van der Waals surface area contributed by atoms with Crippen LogP contribution < -0.4 is 5.32 Å². The molecule has 0 aliphatic carbocycles. The Kier molecular flexibility index (Phi) is 5.47. The minimum Gasteiger partial charge on any atom is -0.322 e. The number of aromatic nitrogens is 4. The van der Waals surface area contributed by atoms with E-state index < -0.39 is 17.8 Å². The van der Waals surface area contributed by atoms with E-state index in [1.54, 1.807) is 25.1 Å². The van der Waals surface area contributed by atoms with E-state index in [0.717, 1.165) is 11.6 Å².